The van der Waals surface area contributed by atoms with Gasteiger partial charge < -0.3 is 10.2 Å². The summed E-state index contributed by atoms with van der Waals surface area (Å²) in [4.78, 5) is 15.1. The van der Waals surface area contributed by atoms with Crippen molar-refractivity contribution in [3.8, 4) is 0 Å². The number of likely N-dealkylation sites (tertiary alicyclic amines) is 1. The summed E-state index contributed by atoms with van der Waals surface area (Å²) in [6.45, 7) is 6.49. The van der Waals surface area contributed by atoms with Crippen LogP contribution in [-0.2, 0) is 11.2 Å². The molecule has 0 radical (unpaired) electrons. The molecule has 3 fully saturated rings. The van der Waals surface area contributed by atoms with Crippen LogP contribution in [0.3, 0.4) is 0 Å². The van der Waals surface area contributed by atoms with Crippen molar-refractivity contribution in [2.75, 3.05) is 26.2 Å². The fraction of sp³-hybridized carbons (Fsp3) is 0.667. The van der Waals surface area contributed by atoms with E-state index in [1.165, 1.54) is 24.8 Å². The molecular formula is C21H30N2O. The monoisotopic (exact) mass is 326 g/mol. The van der Waals surface area contributed by atoms with E-state index in [1.54, 1.807) is 0 Å². The zero-order chi connectivity index (χ0) is 16.6. The Morgan fingerprint density at radius 2 is 1.96 bits per heavy atom. The first-order valence-electron chi connectivity index (χ1n) is 9.64. The van der Waals surface area contributed by atoms with Crippen molar-refractivity contribution in [2.24, 2.45) is 16.7 Å². The van der Waals surface area contributed by atoms with Crippen molar-refractivity contribution in [1.82, 2.24) is 10.2 Å². The number of piperidine rings is 1. The van der Waals surface area contributed by atoms with Crippen molar-refractivity contribution in [3.63, 3.8) is 0 Å². The number of hydrogen-bond acceptors (Lipinski definition) is 2. The number of benzene rings is 1. The number of nitrogens with one attached hydrogen (secondary N) is 1. The highest BCUT2D eigenvalue weighted by Crippen LogP contribution is 2.59. The molecule has 1 amide bonds. The summed E-state index contributed by atoms with van der Waals surface area (Å²) in [5.74, 6) is 0.788. The van der Waals surface area contributed by atoms with Gasteiger partial charge in [0, 0.05) is 19.0 Å². The van der Waals surface area contributed by atoms with E-state index in [1.807, 2.05) is 0 Å². The summed E-state index contributed by atoms with van der Waals surface area (Å²) in [5.41, 5.74) is 2.08. The first kappa shape index (κ1) is 16.1. The second-order valence-corrected chi connectivity index (χ2v) is 8.68. The van der Waals surface area contributed by atoms with Crippen LogP contribution in [0.4, 0.5) is 0 Å². The molecule has 3 aliphatic rings. The number of rotatable bonds is 4. The highest BCUT2D eigenvalue weighted by molar-refractivity contribution is 5.83. The van der Waals surface area contributed by atoms with Gasteiger partial charge in [-0.1, -0.05) is 37.3 Å². The standard InChI is InChI=1S/C21H30N2O/c1-20(8-7-17-5-3-2-4-6-17)11-14-23(16-20)19(24)18-15-21(18)9-12-22-13-10-21/h2-6,18,22H,7-16H2,1H3. The molecule has 130 valence electrons. The van der Waals surface area contributed by atoms with Crippen LogP contribution in [0.25, 0.3) is 0 Å². The lowest BCUT2D eigenvalue weighted by Gasteiger charge is -2.27. The Morgan fingerprint density at radius 3 is 2.71 bits per heavy atom. The second kappa shape index (κ2) is 6.18. The third-order valence-electron chi connectivity index (χ3n) is 6.82. The smallest absolute Gasteiger partial charge is 0.226 e. The van der Waals surface area contributed by atoms with Crippen molar-refractivity contribution in [1.29, 1.82) is 0 Å². The predicted molar refractivity (Wildman–Crippen MR) is 96.7 cm³/mol. The number of aryl methyl sites for hydroxylation is 1. The molecule has 1 aromatic carbocycles. The van der Waals surface area contributed by atoms with Gasteiger partial charge in [0.15, 0.2) is 0 Å². The second-order valence-electron chi connectivity index (χ2n) is 8.68. The highest BCUT2D eigenvalue weighted by Gasteiger charge is 2.59. The molecule has 1 aliphatic carbocycles. The van der Waals surface area contributed by atoms with E-state index in [9.17, 15) is 4.79 Å². The molecule has 24 heavy (non-hydrogen) atoms. The van der Waals surface area contributed by atoms with Gasteiger partial charge in [0.2, 0.25) is 5.91 Å². The molecule has 1 aromatic rings. The average molecular weight is 326 g/mol. The first-order valence-corrected chi connectivity index (χ1v) is 9.64. The van der Waals surface area contributed by atoms with Crippen LogP contribution in [0.5, 0.6) is 0 Å². The first-order chi connectivity index (χ1) is 11.6. The quantitative estimate of drug-likeness (QED) is 0.921. The Bertz CT molecular complexity index is 593. The number of nitrogens with zero attached hydrogens (tertiary/aromatic N) is 1. The molecule has 2 unspecified atom stereocenters. The molecule has 3 nitrogen and oxygen atoms in total. The topological polar surface area (TPSA) is 32.3 Å². The van der Waals surface area contributed by atoms with Gasteiger partial charge in [0.05, 0.1) is 0 Å². The Labute approximate surface area is 145 Å². The normalized spacial score (nSPS) is 31.4. The van der Waals surface area contributed by atoms with Crippen LogP contribution in [-0.4, -0.2) is 37.0 Å². The molecule has 3 heteroatoms. The van der Waals surface area contributed by atoms with E-state index in [0.29, 0.717) is 22.7 Å². The Morgan fingerprint density at radius 1 is 1.21 bits per heavy atom. The summed E-state index contributed by atoms with van der Waals surface area (Å²) in [6, 6.07) is 10.7. The van der Waals surface area contributed by atoms with Gasteiger partial charge in [0.1, 0.15) is 0 Å². The molecule has 4 rings (SSSR count). The molecule has 1 spiro atoms. The van der Waals surface area contributed by atoms with Crippen LogP contribution in [0.15, 0.2) is 30.3 Å². The van der Waals surface area contributed by atoms with Crippen molar-refractivity contribution >= 4 is 5.91 Å². The minimum atomic E-state index is 0.293. The molecule has 2 heterocycles. The van der Waals surface area contributed by atoms with Crippen molar-refractivity contribution in [2.45, 2.75) is 45.4 Å². The number of hydrogen-bond donors (Lipinski definition) is 1. The van der Waals surface area contributed by atoms with Gasteiger partial charge >= 0.3 is 0 Å². The maximum atomic E-state index is 12.9. The molecule has 1 saturated carbocycles. The molecular weight excluding hydrogens is 296 g/mol. The fourth-order valence-electron chi connectivity index (χ4n) is 4.90. The Kier molecular flexibility index (Phi) is 4.16. The van der Waals surface area contributed by atoms with Gasteiger partial charge in [-0.15, -0.1) is 0 Å². The van der Waals surface area contributed by atoms with E-state index in [4.69, 9.17) is 0 Å². The third kappa shape index (κ3) is 3.11. The summed E-state index contributed by atoms with van der Waals surface area (Å²) in [7, 11) is 0. The number of amides is 1. The lowest BCUT2D eigenvalue weighted by molar-refractivity contribution is -0.133. The lowest BCUT2D eigenvalue weighted by atomic mass is 9.83. The van der Waals surface area contributed by atoms with Crippen LogP contribution in [0.1, 0.15) is 44.6 Å². The summed E-state index contributed by atoms with van der Waals surface area (Å²) < 4.78 is 0. The molecule has 0 aromatic heterocycles. The molecule has 2 saturated heterocycles. The summed E-state index contributed by atoms with van der Waals surface area (Å²) in [5, 5.41) is 3.43. The van der Waals surface area contributed by atoms with Crippen LogP contribution in [0, 0.1) is 16.7 Å². The minimum absolute atomic E-state index is 0.293. The number of carbonyl (C=O) groups excluding carboxylic acids is 1. The predicted octanol–water partition coefficient (Wildman–Crippen LogP) is 3.25. The average Bonchev–Trinajstić information content (AvgIpc) is 3.15. The largest absolute Gasteiger partial charge is 0.342 e. The molecule has 2 aliphatic heterocycles. The minimum Gasteiger partial charge on any atom is -0.342 e. The number of carbonyl (C=O) groups is 1. The van der Waals surface area contributed by atoms with Crippen LogP contribution in [0.2, 0.25) is 0 Å². The molecule has 1 N–H and O–H groups in total. The van der Waals surface area contributed by atoms with E-state index in [-0.39, 0.29) is 0 Å². The van der Waals surface area contributed by atoms with Gasteiger partial charge in [-0.25, -0.2) is 0 Å². The molecule has 0 bridgehead atoms. The fourth-order valence-corrected chi connectivity index (χ4v) is 4.90. The molecule has 2 atom stereocenters. The van der Waals surface area contributed by atoms with Gasteiger partial charge in [-0.2, -0.15) is 0 Å². The maximum absolute atomic E-state index is 12.9. The van der Waals surface area contributed by atoms with E-state index >= 15 is 0 Å². The van der Waals surface area contributed by atoms with E-state index in [2.05, 4.69) is 47.5 Å². The van der Waals surface area contributed by atoms with Crippen LogP contribution >= 0.6 is 0 Å². The third-order valence-corrected chi connectivity index (χ3v) is 6.82. The highest BCUT2D eigenvalue weighted by atomic mass is 16.2. The van der Waals surface area contributed by atoms with Crippen molar-refractivity contribution in [3.05, 3.63) is 35.9 Å². The Hall–Kier alpha value is -1.35. The SMILES string of the molecule is CC1(CCc2ccccc2)CCN(C(=O)C2CC23CCNCC3)C1. The zero-order valence-electron chi connectivity index (χ0n) is 14.9. The maximum Gasteiger partial charge on any atom is 0.226 e. The van der Waals surface area contributed by atoms with E-state index in [0.717, 1.165) is 45.4 Å². The van der Waals surface area contributed by atoms with Crippen LogP contribution < -0.4 is 5.32 Å². The zero-order valence-corrected chi connectivity index (χ0v) is 14.9. The van der Waals surface area contributed by atoms with Crippen molar-refractivity contribution < 1.29 is 4.79 Å². The Balaban J connectivity index is 1.32. The van der Waals surface area contributed by atoms with E-state index < -0.39 is 0 Å². The summed E-state index contributed by atoms with van der Waals surface area (Å²) in [6.07, 6.45) is 7.00. The lowest BCUT2D eigenvalue weighted by Crippen LogP contribution is -2.36. The van der Waals surface area contributed by atoms with Gasteiger partial charge in [0.25, 0.3) is 0 Å². The van der Waals surface area contributed by atoms with Gasteiger partial charge in [-0.05, 0) is 68.0 Å². The summed E-state index contributed by atoms with van der Waals surface area (Å²) >= 11 is 0. The van der Waals surface area contributed by atoms with Gasteiger partial charge in [-0.3, -0.25) is 4.79 Å².